The van der Waals surface area contributed by atoms with E-state index in [0.29, 0.717) is 41.9 Å². The van der Waals surface area contributed by atoms with Gasteiger partial charge in [-0.3, -0.25) is 14.9 Å². The summed E-state index contributed by atoms with van der Waals surface area (Å²) >= 11 is 0. The third-order valence-electron chi connectivity index (χ3n) is 6.75. The van der Waals surface area contributed by atoms with Gasteiger partial charge in [0, 0.05) is 17.4 Å². The number of aromatic hydroxyl groups is 1. The van der Waals surface area contributed by atoms with Crippen LogP contribution in [0.2, 0.25) is 0 Å². The molecule has 3 aliphatic carbocycles. The maximum atomic E-state index is 12.3. The highest BCUT2D eigenvalue weighted by molar-refractivity contribution is 5.87. The SMILES string of the molecule is C[C@]12CCC3c4ccc(O)c([N+](=O)[O-])c4CCC3C1CCC2=O. The van der Waals surface area contributed by atoms with Crippen molar-refractivity contribution in [1.29, 1.82) is 0 Å². The number of hydrogen-bond acceptors (Lipinski definition) is 4. The van der Waals surface area contributed by atoms with Crippen molar-refractivity contribution < 1.29 is 14.8 Å². The van der Waals surface area contributed by atoms with E-state index in [-0.39, 0.29) is 16.9 Å². The Morgan fingerprint density at radius 1 is 1.26 bits per heavy atom. The van der Waals surface area contributed by atoms with Crippen molar-refractivity contribution in [3.8, 4) is 5.75 Å². The van der Waals surface area contributed by atoms with Gasteiger partial charge in [-0.05, 0) is 61.5 Å². The fourth-order valence-electron chi connectivity index (χ4n) is 5.61. The van der Waals surface area contributed by atoms with Crippen LogP contribution >= 0.6 is 0 Å². The van der Waals surface area contributed by atoms with Crippen molar-refractivity contribution in [2.24, 2.45) is 17.3 Å². The summed E-state index contributed by atoms with van der Waals surface area (Å²) in [7, 11) is 0. The highest BCUT2D eigenvalue weighted by Gasteiger charge is 2.55. The number of nitrogens with zero attached hydrogens (tertiary/aromatic N) is 1. The van der Waals surface area contributed by atoms with Crippen LogP contribution in [0.3, 0.4) is 0 Å². The second kappa shape index (κ2) is 4.79. The summed E-state index contributed by atoms with van der Waals surface area (Å²) in [6, 6.07) is 3.33. The fraction of sp³-hybridized carbons (Fsp3) is 0.611. The molecule has 1 N–H and O–H groups in total. The Kier molecular flexibility index (Phi) is 3.06. The molecule has 3 unspecified atom stereocenters. The van der Waals surface area contributed by atoms with Gasteiger partial charge >= 0.3 is 5.69 Å². The average Bonchev–Trinajstić information content (AvgIpc) is 2.82. The number of hydrogen-bond donors (Lipinski definition) is 1. The summed E-state index contributed by atoms with van der Waals surface area (Å²) in [5, 5.41) is 21.2. The molecule has 0 spiro atoms. The molecule has 0 saturated heterocycles. The molecule has 5 nitrogen and oxygen atoms in total. The number of nitro benzene ring substituents is 1. The molecule has 23 heavy (non-hydrogen) atoms. The van der Waals surface area contributed by atoms with Crippen LogP contribution < -0.4 is 0 Å². The van der Waals surface area contributed by atoms with Gasteiger partial charge in [0.05, 0.1) is 4.92 Å². The zero-order valence-electron chi connectivity index (χ0n) is 13.2. The molecule has 0 aliphatic heterocycles. The quantitative estimate of drug-likeness (QED) is 0.632. The molecule has 122 valence electrons. The molecule has 0 amide bonds. The summed E-state index contributed by atoms with van der Waals surface area (Å²) in [4.78, 5) is 23.2. The average molecular weight is 315 g/mol. The first-order valence-corrected chi connectivity index (χ1v) is 8.46. The molecule has 2 fully saturated rings. The lowest BCUT2D eigenvalue weighted by atomic mass is 9.55. The van der Waals surface area contributed by atoms with Gasteiger partial charge in [0.2, 0.25) is 0 Å². The lowest BCUT2D eigenvalue weighted by Gasteiger charge is -2.48. The van der Waals surface area contributed by atoms with Gasteiger partial charge in [-0.2, -0.15) is 0 Å². The minimum Gasteiger partial charge on any atom is -0.502 e. The summed E-state index contributed by atoms with van der Waals surface area (Å²) in [6.45, 7) is 2.12. The number of carbonyl (C=O) groups excluding carboxylic acids is 1. The van der Waals surface area contributed by atoms with Crippen molar-refractivity contribution in [2.75, 3.05) is 0 Å². The van der Waals surface area contributed by atoms with Gasteiger partial charge in [-0.15, -0.1) is 0 Å². The van der Waals surface area contributed by atoms with Crippen LogP contribution in [0.1, 0.15) is 56.1 Å². The smallest absolute Gasteiger partial charge is 0.314 e. The third-order valence-corrected chi connectivity index (χ3v) is 6.75. The van der Waals surface area contributed by atoms with E-state index < -0.39 is 4.92 Å². The second-order valence-electron chi connectivity index (χ2n) is 7.59. The Hall–Kier alpha value is -1.91. The molecule has 1 aromatic carbocycles. The first-order valence-electron chi connectivity index (χ1n) is 8.46. The summed E-state index contributed by atoms with van der Waals surface area (Å²) in [5.74, 6) is 1.32. The minimum absolute atomic E-state index is 0.114. The number of nitro groups is 1. The summed E-state index contributed by atoms with van der Waals surface area (Å²) < 4.78 is 0. The zero-order valence-corrected chi connectivity index (χ0v) is 13.2. The van der Waals surface area contributed by atoms with Crippen molar-refractivity contribution in [3.63, 3.8) is 0 Å². The lowest BCUT2D eigenvalue weighted by molar-refractivity contribution is -0.386. The Balaban J connectivity index is 1.77. The number of Topliss-reactive ketones (excluding diaryl/α,β-unsaturated/α-hetero) is 1. The van der Waals surface area contributed by atoms with Crippen LogP contribution in [-0.4, -0.2) is 15.8 Å². The number of fused-ring (bicyclic) bond motifs is 5. The van der Waals surface area contributed by atoms with E-state index >= 15 is 0 Å². The van der Waals surface area contributed by atoms with Gasteiger partial charge in [-0.1, -0.05) is 13.0 Å². The molecule has 4 rings (SSSR count). The number of phenols is 1. The van der Waals surface area contributed by atoms with Gasteiger partial charge in [0.15, 0.2) is 5.75 Å². The van der Waals surface area contributed by atoms with E-state index in [4.69, 9.17) is 0 Å². The molecule has 0 aromatic heterocycles. The predicted molar refractivity (Wildman–Crippen MR) is 84.4 cm³/mol. The van der Waals surface area contributed by atoms with E-state index in [2.05, 4.69) is 6.92 Å². The highest BCUT2D eigenvalue weighted by Crippen LogP contribution is 2.60. The molecular formula is C18H21NO4. The number of carbonyl (C=O) groups is 1. The Labute approximate surface area is 134 Å². The summed E-state index contributed by atoms with van der Waals surface area (Å²) in [6.07, 6.45) is 4.96. The molecule has 4 atom stereocenters. The zero-order chi connectivity index (χ0) is 16.4. The van der Waals surface area contributed by atoms with Gasteiger partial charge in [0.25, 0.3) is 0 Å². The van der Waals surface area contributed by atoms with Crippen LogP contribution in [0, 0.1) is 27.4 Å². The molecule has 2 saturated carbocycles. The molecule has 3 aliphatic rings. The Bertz CT molecular complexity index is 713. The maximum Gasteiger partial charge on any atom is 0.314 e. The number of benzene rings is 1. The van der Waals surface area contributed by atoms with E-state index in [9.17, 15) is 20.0 Å². The van der Waals surface area contributed by atoms with Gasteiger partial charge in [0.1, 0.15) is 5.78 Å². The standard InChI is InChI=1S/C18H21NO4/c1-18-9-8-11-10-4-6-15(20)17(19(22)23)13(10)3-2-12(11)14(18)5-7-16(18)21/h4,6,11-12,14,20H,2-3,5,7-9H2,1H3/t11?,12?,14?,18-/m0/s1. The van der Waals surface area contributed by atoms with Crippen LogP contribution in [-0.2, 0) is 11.2 Å². The lowest BCUT2D eigenvalue weighted by Crippen LogP contribution is -2.42. The van der Waals surface area contributed by atoms with Crippen molar-refractivity contribution in [2.45, 2.75) is 51.4 Å². The minimum atomic E-state index is -0.458. The van der Waals surface area contributed by atoms with E-state index in [1.54, 1.807) is 0 Å². The van der Waals surface area contributed by atoms with Crippen LogP contribution in [0.4, 0.5) is 5.69 Å². The van der Waals surface area contributed by atoms with Crippen LogP contribution in [0.15, 0.2) is 12.1 Å². The molecular weight excluding hydrogens is 294 g/mol. The predicted octanol–water partition coefficient (Wildman–Crippen LogP) is 3.73. The molecule has 0 bridgehead atoms. The molecule has 0 radical (unpaired) electrons. The number of phenolic OH excluding ortho intramolecular Hbond substituents is 1. The molecule has 5 heteroatoms. The van der Waals surface area contributed by atoms with Crippen LogP contribution in [0.5, 0.6) is 5.75 Å². The van der Waals surface area contributed by atoms with Crippen LogP contribution in [0.25, 0.3) is 0 Å². The highest BCUT2D eigenvalue weighted by atomic mass is 16.6. The normalized spacial score (nSPS) is 35.3. The van der Waals surface area contributed by atoms with E-state index in [1.807, 2.05) is 6.07 Å². The maximum absolute atomic E-state index is 12.3. The van der Waals surface area contributed by atoms with E-state index in [0.717, 1.165) is 31.2 Å². The van der Waals surface area contributed by atoms with Crippen molar-refractivity contribution in [1.82, 2.24) is 0 Å². The summed E-state index contributed by atoms with van der Waals surface area (Å²) in [5.41, 5.74) is 1.45. The Morgan fingerprint density at radius 3 is 2.78 bits per heavy atom. The van der Waals surface area contributed by atoms with Gasteiger partial charge in [-0.25, -0.2) is 0 Å². The third kappa shape index (κ3) is 1.88. The first-order chi connectivity index (χ1) is 10.9. The topological polar surface area (TPSA) is 80.4 Å². The number of ketones is 1. The molecule has 0 heterocycles. The molecule has 1 aromatic rings. The van der Waals surface area contributed by atoms with Crippen molar-refractivity contribution >= 4 is 11.5 Å². The second-order valence-corrected chi connectivity index (χ2v) is 7.59. The number of rotatable bonds is 1. The largest absolute Gasteiger partial charge is 0.502 e. The van der Waals surface area contributed by atoms with Gasteiger partial charge < -0.3 is 5.11 Å². The van der Waals surface area contributed by atoms with Crippen molar-refractivity contribution in [3.05, 3.63) is 33.4 Å². The Morgan fingerprint density at radius 2 is 2.04 bits per heavy atom. The fourth-order valence-corrected chi connectivity index (χ4v) is 5.61. The van der Waals surface area contributed by atoms with E-state index in [1.165, 1.54) is 6.07 Å². The first kappa shape index (κ1) is 14.7. The monoisotopic (exact) mass is 315 g/mol.